The van der Waals surface area contributed by atoms with E-state index in [-0.39, 0.29) is 11.3 Å². The Labute approximate surface area is 116 Å². The molecule has 1 fully saturated rings. The van der Waals surface area contributed by atoms with Crippen LogP contribution in [0.3, 0.4) is 0 Å². The summed E-state index contributed by atoms with van der Waals surface area (Å²) in [6.07, 6.45) is 0.740. The van der Waals surface area contributed by atoms with Gasteiger partial charge in [0.15, 0.2) is 5.75 Å². The minimum atomic E-state index is -3.68. The first kappa shape index (κ1) is 14.6. The lowest BCUT2D eigenvalue weighted by Crippen LogP contribution is -2.33. The summed E-state index contributed by atoms with van der Waals surface area (Å²) in [5.41, 5.74) is -0.478. The SMILES string of the molecule is O=C(O)c1cccc(NS(=O)(=O)C2CCOCC2)c1O. The number of carboxylic acids is 1. The first-order chi connectivity index (χ1) is 9.42. The van der Waals surface area contributed by atoms with E-state index in [9.17, 15) is 18.3 Å². The summed E-state index contributed by atoms with van der Waals surface area (Å²) in [7, 11) is -3.68. The number of carbonyl (C=O) groups is 1. The smallest absolute Gasteiger partial charge is 0.339 e. The predicted octanol–water partition coefficient (Wildman–Crippen LogP) is 1.01. The van der Waals surface area contributed by atoms with Crippen molar-refractivity contribution in [1.82, 2.24) is 0 Å². The molecule has 0 saturated carbocycles. The number of aromatic hydroxyl groups is 1. The van der Waals surface area contributed by atoms with Gasteiger partial charge in [0.05, 0.1) is 10.9 Å². The first-order valence-electron chi connectivity index (χ1n) is 6.06. The van der Waals surface area contributed by atoms with Crippen LogP contribution in [0.4, 0.5) is 5.69 Å². The average Bonchev–Trinajstić information content (AvgIpc) is 2.41. The molecule has 0 aliphatic carbocycles. The lowest BCUT2D eigenvalue weighted by molar-refractivity contribution is 0.0694. The second kappa shape index (κ2) is 5.68. The van der Waals surface area contributed by atoms with Crippen molar-refractivity contribution in [1.29, 1.82) is 0 Å². The third-order valence-corrected chi connectivity index (χ3v) is 4.98. The highest BCUT2D eigenvalue weighted by molar-refractivity contribution is 7.93. The number of hydrogen-bond acceptors (Lipinski definition) is 5. The second-order valence-electron chi connectivity index (χ2n) is 4.47. The Morgan fingerprint density at radius 3 is 2.55 bits per heavy atom. The number of aromatic carboxylic acids is 1. The Balaban J connectivity index is 2.25. The number of benzene rings is 1. The number of rotatable bonds is 4. The fourth-order valence-electron chi connectivity index (χ4n) is 2.02. The number of nitrogens with one attached hydrogen (secondary N) is 1. The third-order valence-electron chi connectivity index (χ3n) is 3.13. The summed E-state index contributed by atoms with van der Waals surface area (Å²) in [4.78, 5) is 10.9. The molecule has 0 amide bonds. The van der Waals surface area contributed by atoms with Gasteiger partial charge in [0.2, 0.25) is 10.0 Å². The van der Waals surface area contributed by atoms with E-state index in [2.05, 4.69) is 4.72 Å². The van der Waals surface area contributed by atoms with Gasteiger partial charge in [-0.25, -0.2) is 13.2 Å². The third kappa shape index (κ3) is 3.02. The minimum absolute atomic E-state index is 0.128. The number of sulfonamides is 1. The molecule has 3 N–H and O–H groups in total. The van der Waals surface area contributed by atoms with Crippen LogP contribution < -0.4 is 4.72 Å². The molecular weight excluding hydrogens is 286 g/mol. The fraction of sp³-hybridized carbons (Fsp3) is 0.417. The van der Waals surface area contributed by atoms with Crippen LogP contribution in [0.25, 0.3) is 0 Å². The Morgan fingerprint density at radius 1 is 1.30 bits per heavy atom. The molecule has 0 spiro atoms. The zero-order chi connectivity index (χ0) is 14.8. The zero-order valence-corrected chi connectivity index (χ0v) is 11.4. The Kier molecular flexibility index (Phi) is 4.15. The summed E-state index contributed by atoms with van der Waals surface area (Å²) >= 11 is 0. The van der Waals surface area contributed by atoms with E-state index < -0.39 is 27.0 Å². The molecule has 1 aliphatic heterocycles. The van der Waals surface area contributed by atoms with Crippen molar-refractivity contribution in [2.24, 2.45) is 0 Å². The number of para-hydroxylation sites is 1. The van der Waals surface area contributed by atoms with Crippen LogP contribution >= 0.6 is 0 Å². The topological polar surface area (TPSA) is 113 Å². The van der Waals surface area contributed by atoms with Crippen molar-refractivity contribution < 1.29 is 28.2 Å². The summed E-state index contributed by atoms with van der Waals surface area (Å²) in [5.74, 6) is -1.91. The molecule has 1 aliphatic rings. The van der Waals surface area contributed by atoms with Crippen LogP contribution in [-0.4, -0.2) is 43.1 Å². The molecule has 110 valence electrons. The number of anilines is 1. The highest BCUT2D eigenvalue weighted by atomic mass is 32.2. The molecule has 1 aromatic carbocycles. The van der Waals surface area contributed by atoms with Gasteiger partial charge < -0.3 is 14.9 Å². The maximum Gasteiger partial charge on any atom is 0.339 e. The van der Waals surface area contributed by atoms with E-state index in [0.717, 1.165) is 0 Å². The van der Waals surface area contributed by atoms with Gasteiger partial charge in [-0.1, -0.05) is 6.07 Å². The molecule has 7 nitrogen and oxygen atoms in total. The predicted molar refractivity (Wildman–Crippen MR) is 71.4 cm³/mol. The molecule has 2 rings (SSSR count). The number of hydrogen-bond donors (Lipinski definition) is 3. The first-order valence-corrected chi connectivity index (χ1v) is 7.61. The van der Waals surface area contributed by atoms with E-state index in [1.807, 2.05) is 0 Å². The maximum atomic E-state index is 12.2. The molecular formula is C12H15NO6S. The van der Waals surface area contributed by atoms with Crippen molar-refractivity contribution in [3.63, 3.8) is 0 Å². The average molecular weight is 301 g/mol. The lowest BCUT2D eigenvalue weighted by Gasteiger charge is -2.23. The van der Waals surface area contributed by atoms with Crippen LogP contribution in [0, 0.1) is 0 Å². The van der Waals surface area contributed by atoms with Gasteiger partial charge in [-0.2, -0.15) is 0 Å². The van der Waals surface area contributed by atoms with Gasteiger partial charge in [0.1, 0.15) is 5.56 Å². The number of phenols is 1. The molecule has 0 aromatic heterocycles. The number of carboxylic acid groups (broad SMARTS) is 1. The van der Waals surface area contributed by atoms with Crippen molar-refractivity contribution in [3.05, 3.63) is 23.8 Å². The highest BCUT2D eigenvalue weighted by Crippen LogP contribution is 2.29. The van der Waals surface area contributed by atoms with Crippen molar-refractivity contribution in [3.8, 4) is 5.75 Å². The monoisotopic (exact) mass is 301 g/mol. The van der Waals surface area contributed by atoms with E-state index in [4.69, 9.17) is 9.84 Å². The summed E-state index contributed by atoms with van der Waals surface area (Å²) in [6.45, 7) is 0.736. The Morgan fingerprint density at radius 2 is 1.95 bits per heavy atom. The van der Waals surface area contributed by atoms with Gasteiger partial charge >= 0.3 is 5.97 Å². The summed E-state index contributed by atoms with van der Waals surface area (Å²) in [6, 6.07) is 3.88. The highest BCUT2D eigenvalue weighted by Gasteiger charge is 2.28. The molecule has 20 heavy (non-hydrogen) atoms. The van der Waals surface area contributed by atoms with Crippen LogP contribution in [0.5, 0.6) is 5.75 Å². The summed E-state index contributed by atoms with van der Waals surface area (Å²) < 4.78 is 31.7. The van der Waals surface area contributed by atoms with Crippen LogP contribution in [0.15, 0.2) is 18.2 Å². The maximum absolute atomic E-state index is 12.2. The van der Waals surface area contributed by atoms with Crippen LogP contribution in [0.2, 0.25) is 0 Å². The van der Waals surface area contributed by atoms with Gasteiger partial charge in [0, 0.05) is 13.2 Å². The van der Waals surface area contributed by atoms with Gasteiger partial charge in [-0.3, -0.25) is 4.72 Å². The van der Waals surface area contributed by atoms with Gasteiger partial charge in [-0.15, -0.1) is 0 Å². The van der Waals surface area contributed by atoms with Crippen LogP contribution in [-0.2, 0) is 14.8 Å². The molecule has 8 heteroatoms. The fourth-order valence-corrected chi connectivity index (χ4v) is 3.47. The summed E-state index contributed by atoms with van der Waals surface area (Å²) in [5, 5.41) is 18.1. The second-order valence-corrected chi connectivity index (χ2v) is 6.43. The van der Waals surface area contributed by atoms with E-state index in [1.165, 1.54) is 18.2 Å². The van der Waals surface area contributed by atoms with E-state index in [0.29, 0.717) is 26.1 Å². The van der Waals surface area contributed by atoms with Crippen molar-refractivity contribution in [2.75, 3.05) is 17.9 Å². The van der Waals surface area contributed by atoms with Gasteiger partial charge in [0.25, 0.3) is 0 Å². The van der Waals surface area contributed by atoms with Gasteiger partial charge in [-0.05, 0) is 25.0 Å². The molecule has 0 atom stereocenters. The van der Waals surface area contributed by atoms with E-state index in [1.54, 1.807) is 0 Å². The standard InChI is InChI=1S/C12H15NO6S/c14-11-9(12(15)16)2-1-3-10(11)13-20(17,18)8-4-6-19-7-5-8/h1-3,8,13-14H,4-7H2,(H,15,16). The largest absolute Gasteiger partial charge is 0.505 e. The van der Waals surface area contributed by atoms with Crippen LogP contribution in [0.1, 0.15) is 23.2 Å². The molecule has 1 saturated heterocycles. The zero-order valence-electron chi connectivity index (χ0n) is 10.6. The molecule has 0 unspecified atom stereocenters. The van der Waals surface area contributed by atoms with Crippen molar-refractivity contribution in [2.45, 2.75) is 18.1 Å². The molecule has 1 heterocycles. The molecule has 1 aromatic rings. The minimum Gasteiger partial charge on any atom is -0.505 e. The van der Waals surface area contributed by atoms with E-state index >= 15 is 0 Å². The molecule has 0 radical (unpaired) electrons. The number of ether oxygens (including phenoxy) is 1. The molecule has 0 bridgehead atoms. The Hall–Kier alpha value is -1.80. The van der Waals surface area contributed by atoms with Crippen molar-refractivity contribution >= 4 is 21.7 Å². The normalized spacial score (nSPS) is 16.8. The Bertz CT molecular complexity index is 606. The lowest BCUT2D eigenvalue weighted by atomic mass is 10.2. The quantitative estimate of drug-likeness (QED) is 0.715.